The Hall–Kier alpha value is -3.95. The smallest absolute Gasteiger partial charge is 0.266 e. The molecule has 0 saturated carbocycles. The van der Waals surface area contributed by atoms with E-state index in [4.69, 9.17) is 32.7 Å². The molecule has 1 aromatic heterocycles. The number of rotatable bonds is 10. The van der Waals surface area contributed by atoms with Crippen LogP contribution in [0.15, 0.2) is 97.2 Å². The third kappa shape index (κ3) is 8.44. The molecular formula is C36H35Cl2N3O4S. The maximum absolute atomic E-state index is 12.5. The van der Waals surface area contributed by atoms with Crippen LogP contribution in [0.5, 0.6) is 0 Å². The Kier molecular flexibility index (Phi) is 10.0. The molecular weight excluding hydrogens is 641 g/mol. The molecule has 0 bridgehead atoms. The van der Waals surface area contributed by atoms with E-state index in [0.717, 1.165) is 39.3 Å². The summed E-state index contributed by atoms with van der Waals surface area (Å²) in [7, 11) is -4.15. The highest BCUT2D eigenvalue weighted by Crippen LogP contribution is 2.34. The quantitative estimate of drug-likeness (QED) is 0.129. The number of hydrogen-bond acceptors (Lipinski definition) is 4. The molecule has 0 spiro atoms. The van der Waals surface area contributed by atoms with Gasteiger partial charge in [0.1, 0.15) is 5.82 Å². The molecule has 0 aliphatic heterocycles. The molecule has 0 radical (unpaired) electrons. The molecule has 10 heteroatoms. The molecule has 0 fully saturated rings. The molecule has 0 saturated heterocycles. The van der Waals surface area contributed by atoms with Gasteiger partial charge in [0.2, 0.25) is 0 Å². The highest BCUT2D eigenvalue weighted by molar-refractivity contribution is 7.85. The summed E-state index contributed by atoms with van der Waals surface area (Å²) in [6.07, 6.45) is 2.47. The topological polar surface area (TPSA) is 112 Å². The molecule has 0 aliphatic rings. The summed E-state index contributed by atoms with van der Waals surface area (Å²) in [5.41, 5.74) is 7.52. The Morgan fingerprint density at radius 1 is 0.913 bits per heavy atom. The lowest BCUT2D eigenvalue weighted by Gasteiger charge is -2.21. The van der Waals surface area contributed by atoms with Crippen molar-refractivity contribution in [3.05, 3.63) is 135 Å². The van der Waals surface area contributed by atoms with Crippen LogP contribution in [0.25, 0.3) is 22.4 Å². The van der Waals surface area contributed by atoms with Gasteiger partial charge in [-0.3, -0.25) is 9.35 Å². The zero-order valence-electron chi connectivity index (χ0n) is 25.7. The van der Waals surface area contributed by atoms with Crippen LogP contribution in [0.1, 0.15) is 59.6 Å². The highest BCUT2D eigenvalue weighted by atomic mass is 35.5. The molecule has 46 heavy (non-hydrogen) atoms. The second kappa shape index (κ2) is 13.8. The number of nitrogens with zero attached hydrogens (tertiary/aromatic N) is 1. The Balaban J connectivity index is 1.39. The van der Waals surface area contributed by atoms with Gasteiger partial charge in [-0.2, -0.15) is 8.42 Å². The fraction of sp³-hybridized carbons (Fsp3) is 0.222. The fourth-order valence-corrected chi connectivity index (χ4v) is 6.10. The van der Waals surface area contributed by atoms with E-state index >= 15 is 0 Å². The number of imidazole rings is 1. The molecule has 4 aromatic carbocycles. The van der Waals surface area contributed by atoms with Gasteiger partial charge >= 0.3 is 0 Å². The number of carbonyl (C=O) groups excluding carboxylic acids is 1. The standard InChI is InChI=1S/C36H35Cl2N3O4S/c1-36(2,3)28-14-12-25(13-15-28)31(20-23-4-6-27(7-5-23)35(42)39-18-19-46(43,44)45)34-40-22-33(41-34)26-10-8-24(9-11-26)30-17-16-29(37)21-32(30)38/h4-17,21-22,31H,18-20H2,1-3H3,(H,39,42)(H,40,41)(H,43,44,45). The molecule has 5 aromatic rings. The van der Waals surface area contributed by atoms with Gasteiger partial charge in [0.25, 0.3) is 16.0 Å². The molecule has 1 unspecified atom stereocenters. The first-order valence-electron chi connectivity index (χ1n) is 14.8. The van der Waals surface area contributed by atoms with Crippen molar-refractivity contribution in [3.63, 3.8) is 0 Å². The lowest BCUT2D eigenvalue weighted by atomic mass is 9.84. The van der Waals surface area contributed by atoms with Gasteiger partial charge in [-0.15, -0.1) is 0 Å². The van der Waals surface area contributed by atoms with Gasteiger partial charge < -0.3 is 10.3 Å². The first-order chi connectivity index (χ1) is 21.8. The lowest BCUT2D eigenvalue weighted by molar-refractivity contribution is 0.0956. The highest BCUT2D eigenvalue weighted by Gasteiger charge is 2.21. The minimum atomic E-state index is -4.15. The minimum Gasteiger partial charge on any atom is -0.351 e. The predicted molar refractivity (Wildman–Crippen MR) is 185 cm³/mol. The SMILES string of the molecule is CC(C)(C)c1ccc(C(Cc2ccc(C(=O)NCCS(=O)(=O)O)cc2)c2ncc(-c3ccc(-c4ccc(Cl)cc4Cl)cc3)[nH]2)cc1. The molecule has 1 atom stereocenters. The van der Waals surface area contributed by atoms with E-state index < -0.39 is 21.8 Å². The number of aromatic amines is 1. The summed E-state index contributed by atoms with van der Waals surface area (Å²) in [6.45, 7) is 6.38. The molecule has 238 valence electrons. The van der Waals surface area contributed by atoms with Crippen molar-refractivity contribution in [2.45, 2.75) is 38.5 Å². The van der Waals surface area contributed by atoms with Crippen LogP contribution >= 0.6 is 23.2 Å². The van der Waals surface area contributed by atoms with E-state index in [0.29, 0.717) is 22.0 Å². The number of benzene rings is 4. The van der Waals surface area contributed by atoms with Gasteiger partial charge in [0.15, 0.2) is 0 Å². The van der Waals surface area contributed by atoms with Gasteiger partial charge in [-0.05, 0) is 63.9 Å². The first kappa shape index (κ1) is 33.4. The van der Waals surface area contributed by atoms with E-state index in [-0.39, 0.29) is 17.9 Å². The molecule has 1 amide bonds. The van der Waals surface area contributed by atoms with E-state index in [1.54, 1.807) is 18.2 Å². The summed E-state index contributed by atoms with van der Waals surface area (Å²) >= 11 is 12.5. The van der Waals surface area contributed by atoms with Crippen LogP contribution < -0.4 is 5.32 Å². The predicted octanol–water partition coefficient (Wildman–Crippen LogP) is 8.34. The number of H-pyrrole nitrogens is 1. The summed E-state index contributed by atoms with van der Waals surface area (Å²) in [5, 5.41) is 3.70. The number of nitrogens with one attached hydrogen (secondary N) is 2. The number of halogens is 2. The third-order valence-electron chi connectivity index (χ3n) is 7.84. The number of amides is 1. The van der Waals surface area contributed by atoms with Gasteiger partial charge in [-0.25, -0.2) is 4.98 Å². The lowest BCUT2D eigenvalue weighted by Crippen LogP contribution is -2.28. The second-order valence-corrected chi connectivity index (χ2v) is 14.7. The van der Waals surface area contributed by atoms with Crippen molar-refractivity contribution in [1.29, 1.82) is 0 Å². The summed E-state index contributed by atoms with van der Waals surface area (Å²) in [6, 6.07) is 29.4. The molecule has 1 heterocycles. The summed E-state index contributed by atoms with van der Waals surface area (Å²) < 4.78 is 30.8. The Morgan fingerprint density at radius 3 is 2.17 bits per heavy atom. The van der Waals surface area contributed by atoms with Crippen LogP contribution in [-0.4, -0.2) is 41.1 Å². The van der Waals surface area contributed by atoms with E-state index in [9.17, 15) is 13.2 Å². The average Bonchev–Trinajstić information content (AvgIpc) is 3.49. The Labute approximate surface area is 279 Å². The maximum Gasteiger partial charge on any atom is 0.266 e. The first-order valence-corrected chi connectivity index (χ1v) is 17.2. The Morgan fingerprint density at radius 2 is 1.57 bits per heavy atom. The molecule has 3 N–H and O–H groups in total. The van der Waals surface area contributed by atoms with E-state index in [2.05, 4.69) is 55.3 Å². The van der Waals surface area contributed by atoms with E-state index in [1.807, 2.05) is 54.7 Å². The van der Waals surface area contributed by atoms with Crippen molar-refractivity contribution < 1.29 is 17.8 Å². The maximum atomic E-state index is 12.5. The number of hydrogen-bond donors (Lipinski definition) is 3. The monoisotopic (exact) mass is 675 g/mol. The fourth-order valence-electron chi connectivity index (χ4n) is 5.22. The van der Waals surface area contributed by atoms with Crippen molar-refractivity contribution in [3.8, 4) is 22.4 Å². The summed E-state index contributed by atoms with van der Waals surface area (Å²) in [4.78, 5) is 20.8. The van der Waals surface area contributed by atoms with Crippen LogP contribution in [0.2, 0.25) is 10.0 Å². The van der Waals surface area contributed by atoms with Crippen molar-refractivity contribution in [2.75, 3.05) is 12.3 Å². The van der Waals surface area contributed by atoms with Gasteiger partial charge in [0.05, 0.1) is 17.6 Å². The van der Waals surface area contributed by atoms with Crippen molar-refractivity contribution in [2.24, 2.45) is 0 Å². The van der Waals surface area contributed by atoms with Crippen LogP contribution in [0.4, 0.5) is 0 Å². The Bertz CT molecular complexity index is 1930. The normalized spacial score (nSPS) is 12.6. The van der Waals surface area contributed by atoms with Gasteiger partial charge in [0, 0.05) is 33.6 Å². The third-order valence-corrected chi connectivity index (χ3v) is 9.11. The average molecular weight is 677 g/mol. The van der Waals surface area contributed by atoms with E-state index in [1.165, 1.54) is 5.56 Å². The molecule has 0 aliphatic carbocycles. The zero-order valence-corrected chi connectivity index (χ0v) is 28.0. The number of aromatic nitrogens is 2. The van der Waals surface area contributed by atoms with Gasteiger partial charge in [-0.1, -0.05) is 111 Å². The molecule has 5 rings (SSSR count). The minimum absolute atomic E-state index is 0.0199. The van der Waals surface area contributed by atoms with Crippen molar-refractivity contribution >= 4 is 39.2 Å². The number of carbonyl (C=O) groups is 1. The molecule has 7 nitrogen and oxygen atoms in total. The van der Waals surface area contributed by atoms with Crippen molar-refractivity contribution in [1.82, 2.24) is 15.3 Å². The van der Waals surface area contributed by atoms with Crippen LogP contribution in [0, 0.1) is 0 Å². The second-order valence-electron chi connectivity index (χ2n) is 12.3. The van der Waals surface area contributed by atoms with Crippen LogP contribution in [-0.2, 0) is 22.0 Å². The largest absolute Gasteiger partial charge is 0.351 e. The summed E-state index contributed by atoms with van der Waals surface area (Å²) in [5.74, 6) is -0.234. The zero-order chi connectivity index (χ0) is 33.1. The van der Waals surface area contributed by atoms with Crippen LogP contribution in [0.3, 0.4) is 0 Å².